The van der Waals surface area contributed by atoms with Gasteiger partial charge in [0.25, 0.3) is 0 Å². The van der Waals surface area contributed by atoms with E-state index >= 15 is 0 Å². The summed E-state index contributed by atoms with van der Waals surface area (Å²) in [6.45, 7) is 2.37. The highest BCUT2D eigenvalue weighted by atomic mass is 35.5. The van der Waals surface area contributed by atoms with Crippen LogP contribution in [0.15, 0.2) is 18.2 Å². The summed E-state index contributed by atoms with van der Waals surface area (Å²) in [5.74, 6) is -0.249. The lowest BCUT2D eigenvalue weighted by atomic mass is 10.1. The van der Waals surface area contributed by atoms with Crippen LogP contribution >= 0.6 is 11.6 Å². The summed E-state index contributed by atoms with van der Waals surface area (Å²) in [6, 6.07) is 5.88. The topological polar surface area (TPSA) is 49.4 Å². The first-order valence-corrected chi connectivity index (χ1v) is 8.29. The molecule has 1 unspecified atom stereocenters. The average molecular weight is 321 g/mol. The van der Waals surface area contributed by atoms with Crippen molar-refractivity contribution < 1.29 is 9.59 Å². The van der Waals surface area contributed by atoms with Gasteiger partial charge in [-0.2, -0.15) is 0 Å². The molecule has 1 aromatic rings. The molecule has 1 aliphatic carbocycles. The number of hydrogen-bond donors (Lipinski definition) is 1. The van der Waals surface area contributed by atoms with Gasteiger partial charge in [-0.3, -0.25) is 9.59 Å². The van der Waals surface area contributed by atoms with Gasteiger partial charge in [-0.15, -0.1) is 0 Å². The van der Waals surface area contributed by atoms with E-state index in [1.54, 1.807) is 11.0 Å². The zero-order chi connectivity index (χ0) is 15.7. The number of anilines is 1. The van der Waals surface area contributed by atoms with E-state index in [1.807, 2.05) is 19.1 Å². The Kier molecular flexibility index (Phi) is 4.39. The summed E-state index contributed by atoms with van der Waals surface area (Å²) in [7, 11) is 0. The lowest BCUT2D eigenvalue weighted by molar-refractivity contribution is -0.126. The zero-order valence-electron chi connectivity index (χ0n) is 12.8. The third-order valence-electron chi connectivity index (χ3n) is 4.66. The Morgan fingerprint density at radius 1 is 1.32 bits per heavy atom. The van der Waals surface area contributed by atoms with E-state index in [0.717, 1.165) is 24.1 Å². The van der Waals surface area contributed by atoms with Crippen molar-refractivity contribution in [3.63, 3.8) is 0 Å². The van der Waals surface area contributed by atoms with Crippen molar-refractivity contribution in [3.8, 4) is 0 Å². The second-order valence-corrected chi connectivity index (χ2v) is 6.74. The van der Waals surface area contributed by atoms with Crippen LogP contribution in [0.4, 0.5) is 5.69 Å². The standard InChI is InChI=1S/C17H21ClN2O2/c1-11-6-7-14(9-15(11)18)20-10-12(8-16(20)21)17(22)19-13-4-2-3-5-13/h6-7,9,12-13H,2-5,8,10H2,1H3,(H,19,22). The Balaban J connectivity index is 1.67. The summed E-state index contributed by atoms with van der Waals surface area (Å²) in [5.41, 5.74) is 1.75. The normalized spacial score (nSPS) is 22.4. The van der Waals surface area contributed by atoms with Crippen molar-refractivity contribution >= 4 is 29.1 Å². The van der Waals surface area contributed by atoms with E-state index in [1.165, 1.54) is 12.8 Å². The highest BCUT2D eigenvalue weighted by Crippen LogP contribution is 2.29. The van der Waals surface area contributed by atoms with Gasteiger partial charge in [0.05, 0.1) is 5.92 Å². The maximum absolute atomic E-state index is 12.3. The fraction of sp³-hybridized carbons (Fsp3) is 0.529. The van der Waals surface area contributed by atoms with E-state index in [0.29, 0.717) is 17.6 Å². The number of hydrogen-bond acceptors (Lipinski definition) is 2. The van der Waals surface area contributed by atoms with E-state index in [2.05, 4.69) is 5.32 Å². The number of carbonyl (C=O) groups is 2. The molecule has 1 aliphatic heterocycles. The van der Waals surface area contributed by atoms with Gasteiger partial charge < -0.3 is 10.2 Å². The third-order valence-corrected chi connectivity index (χ3v) is 5.07. The number of carbonyl (C=O) groups excluding carboxylic acids is 2. The monoisotopic (exact) mass is 320 g/mol. The fourth-order valence-electron chi connectivity index (χ4n) is 3.27. The number of nitrogens with zero attached hydrogens (tertiary/aromatic N) is 1. The lowest BCUT2D eigenvalue weighted by Crippen LogP contribution is -2.38. The molecule has 0 aromatic heterocycles. The van der Waals surface area contributed by atoms with Crippen molar-refractivity contribution in [2.45, 2.75) is 45.1 Å². The van der Waals surface area contributed by atoms with E-state index in [-0.39, 0.29) is 24.2 Å². The zero-order valence-corrected chi connectivity index (χ0v) is 13.5. The Morgan fingerprint density at radius 3 is 2.73 bits per heavy atom. The fourth-order valence-corrected chi connectivity index (χ4v) is 3.45. The van der Waals surface area contributed by atoms with E-state index in [4.69, 9.17) is 11.6 Å². The molecule has 0 radical (unpaired) electrons. The number of rotatable bonds is 3. The van der Waals surface area contributed by atoms with Gasteiger partial charge in [-0.25, -0.2) is 0 Å². The highest BCUT2D eigenvalue weighted by molar-refractivity contribution is 6.31. The number of benzene rings is 1. The van der Waals surface area contributed by atoms with Crippen LogP contribution in [0.3, 0.4) is 0 Å². The molecule has 1 aromatic carbocycles. The van der Waals surface area contributed by atoms with Gasteiger partial charge in [0.2, 0.25) is 11.8 Å². The molecule has 5 heteroatoms. The van der Waals surface area contributed by atoms with Crippen molar-refractivity contribution in [1.29, 1.82) is 0 Å². The molecule has 3 rings (SSSR count). The van der Waals surface area contributed by atoms with Crippen LogP contribution in [-0.2, 0) is 9.59 Å². The van der Waals surface area contributed by atoms with Crippen molar-refractivity contribution in [3.05, 3.63) is 28.8 Å². The molecule has 1 saturated heterocycles. The van der Waals surface area contributed by atoms with Crippen LogP contribution in [-0.4, -0.2) is 24.4 Å². The Bertz CT molecular complexity index is 596. The molecule has 22 heavy (non-hydrogen) atoms. The first-order valence-electron chi connectivity index (χ1n) is 7.91. The largest absolute Gasteiger partial charge is 0.353 e. The maximum atomic E-state index is 12.3. The smallest absolute Gasteiger partial charge is 0.227 e. The van der Waals surface area contributed by atoms with Gasteiger partial charge in [-0.05, 0) is 37.5 Å². The van der Waals surface area contributed by atoms with Gasteiger partial charge in [0.15, 0.2) is 0 Å². The molecule has 1 heterocycles. The van der Waals surface area contributed by atoms with Gasteiger partial charge >= 0.3 is 0 Å². The molecular weight excluding hydrogens is 300 g/mol. The Labute approximate surface area is 135 Å². The van der Waals surface area contributed by atoms with Gasteiger partial charge in [-0.1, -0.05) is 30.5 Å². The van der Waals surface area contributed by atoms with Crippen molar-refractivity contribution in [2.75, 3.05) is 11.4 Å². The molecule has 1 saturated carbocycles. The summed E-state index contributed by atoms with van der Waals surface area (Å²) in [5, 5.41) is 3.73. The molecule has 1 atom stereocenters. The van der Waals surface area contributed by atoms with E-state index < -0.39 is 0 Å². The molecule has 2 aliphatic rings. The second kappa shape index (κ2) is 6.29. The minimum absolute atomic E-state index is 0.00788. The van der Waals surface area contributed by atoms with Gasteiger partial charge in [0, 0.05) is 29.7 Å². The number of amides is 2. The van der Waals surface area contributed by atoms with Crippen LogP contribution in [0.5, 0.6) is 0 Å². The third kappa shape index (κ3) is 3.12. The van der Waals surface area contributed by atoms with Crippen molar-refractivity contribution in [1.82, 2.24) is 5.32 Å². The van der Waals surface area contributed by atoms with Crippen LogP contribution in [0.25, 0.3) is 0 Å². The number of aryl methyl sites for hydroxylation is 1. The first-order chi connectivity index (χ1) is 10.5. The van der Waals surface area contributed by atoms with Crippen LogP contribution in [0.2, 0.25) is 5.02 Å². The summed E-state index contributed by atoms with van der Waals surface area (Å²) < 4.78 is 0. The predicted molar refractivity (Wildman–Crippen MR) is 87.0 cm³/mol. The van der Waals surface area contributed by atoms with E-state index in [9.17, 15) is 9.59 Å². The molecule has 2 amide bonds. The Morgan fingerprint density at radius 2 is 2.05 bits per heavy atom. The SMILES string of the molecule is Cc1ccc(N2CC(C(=O)NC3CCCC3)CC2=O)cc1Cl. The minimum Gasteiger partial charge on any atom is -0.353 e. The predicted octanol–water partition coefficient (Wildman–Crippen LogP) is 3.06. The molecular formula is C17H21ClN2O2. The molecule has 118 valence electrons. The minimum atomic E-state index is -0.256. The molecule has 0 spiro atoms. The second-order valence-electron chi connectivity index (χ2n) is 6.33. The van der Waals surface area contributed by atoms with Gasteiger partial charge in [0.1, 0.15) is 0 Å². The Hall–Kier alpha value is -1.55. The number of nitrogens with one attached hydrogen (secondary N) is 1. The first kappa shape index (κ1) is 15.3. The van der Waals surface area contributed by atoms with Crippen LogP contribution in [0, 0.1) is 12.8 Å². The molecule has 1 N–H and O–H groups in total. The summed E-state index contributed by atoms with van der Waals surface area (Å²) >= 11 is 6.14. The molecule has 2 fully saturated rings. The van der Waals surface area contributed by atoms with Crippen LogP contribution in [0.1, 0.15) is 37.7 Å². The molecule has 0 bridgehead atoms. The summed E-state index contributed by atoms with van der Waals surface area (Å²) in [6.07, 6.45) is 4.77. The maximum Gasteiger partial charge on any atom is 0.227 e. The number of halogens is 1. The lowest BCUT2D eigenvalue weighted by Gasteiger charge is -2.18. The highest BCUT2D eigenvalue weighted by Gasteiger charge is 2.36. The van der Waals surface area contributed by atoms with Crippen LogP contribution < -0.4 is 10.2 Å². The van der Waals surface area contributed by atoms with Crippen molar-refractivity contribution in [2.24, 2.45) is 5.92 Å². The average Bonchev–Trinajstić information content (AvgIpc) is 3.11. The molecule has 4 nitrogen and oxygen atoms in total. The summed E-state index contributed by atoms with van der Waals surface area (Å²) in [4.78, 5) is 26.2. The quantitative estimate of drug-likeness (QED) is 0.930.